The Labute approximate surface area is 192 Å². The minimum Gasteiger partial charge on any atom is -0.368 e. The summed E-state index contributed by atoms with van der Waals surface area (Å²) < 4.78 is -5.22. The van der Waals surface area contributed by atoms with Crippen molar-refractivity contribution in [3.8, 4) is 0 Å². The van der Waals surface area contributed by atoms with Crippen LogP contribution < -0.4 is 0 Å². The molecule has 1 unspecified atom stereocenters. The third-order valence-corrected chi connectivity index (χ3v) is 17.4. The normalized spacial score (nSPS) is 19.1. The second-order valence-corrected chi connectivity index (χ2v) is 24.3. The van der Waals surface area contributed by atoms with E-state index in [0.717, 1.165) is 0 Å². The fourth-order valence-corrected chi connectivity index (χ4v) is 11.1. The molecule has 0 bridgehead atoms. The smallest absolute Gasteiger partial charge is 0.195 e. The van der Waals surface area contributed by atoms with Crippen molar-refractivity contribution in [1.82, 2.24) is 0 Å². The molecule has 17 heavy (non-hydrogen) atoms. The van der Waals surface area contributed by atoms with Crippen molar-refractivity contribution in [2.24, 2.45) is 0 Å². The fraction of sp³-hybridized carbons (Fsp3) is 1.00. The van der Waals surface area contributed by atoms with Crippen molar-refractivity contribution in [3.63, 3.8) is 0 Å². The highest BCUT2D eigenvalue weighted by molar-refractivity contribution is 9.42. The molecular formula is C5HBr11O. The van der Waals surface area contributed by atoms with E-state index in [1.165, 1.54) is 0 Å². The molecule has 0 radical (unpaired) electrons. The van der Waals surface area contributed by atoms with Gasteiger partial charge in [-0.3, -0.25) is 0 Å². The first-order valence-electron chi connectivity index (χ1n) is 3.30. The molecule has 12 heteroatoms. The number of halogens is 11. The number of rotatable bonds is 2. The van der Waals surface area contributed by atoms with E-state index in [1.54, 1.807) is 0 Å². The number of hydrogen-bond acceptors (Lipinski definition) is 1. The highest BCUT2D eigenvalue weighted by atomic mass is 80.0. The summed E-state index contributed by atoms with van der Waals surface area (Å²) in [5, 5.41) is 10.3. The monoisotopic (exact) mass is 945 g/mol. The molecule has 0 rings (SSSR count). The highest BCUT2D eigenvalue weighted by Crippen LogP contribution is 2.72. The van der Waals surface area contributed by atoms with Gasteiger partial charge in [-0.15, -0.1) is 0 Å². The minimum absolute atomic E-state index is 0.792. The van der Waals surface area contributed by atoms with Crippen LogP contribution in [-0.4, -0.2) is 20.4 Å². The molecule has 0 heterocycles. The van der Waals surface area contributed by atoms with Crippen LogP contribution in [0.25, 0.3) is 0 Å². The molecule has 0 fully saturated rings. The van der Waals surface area contributed by atoms with Crippen molar-refractivity contribution < 1.29 is 5.11 Å². The SMILES string of the molecule is OC(Br)(Br)C(Br)(C(Br)(Br)Br)C(Br)(Br)C(Br)(Br)Br. The molecule has 1 N–H and O–H groups in total. The summed E-state index contributed by atoms with van der Waals surface area (Å²) >= 11 is 37.4. The summed E-state index contributed by atoms with van der Waals surface area (Å²) in [6.45, 7) is 0. The van der Waals surface area contributed by atoms with Gasteiger partial charge in [-0.2, -0.15) is 0 Å². The van der Waals surface area contributed by atoms with Gasteiger partial charge in [0.25, 0.3) is 0 Å². The van der Waals surface area contributed by atoms with Crippen LogP contribution in [0.15, 0.2) is 0 Å². The second kappa shape index (κ2) is 7.01. The molecule has 0 spiro atoms. The van der Waals surface area contributed by atoms with E-state index in [-0.39, 0.29) is 0 Å². The average molecular weight is 956 g/mol. The van der Waals surface area contributed by atoms with Gasteiger partial charge < -0.3 is 5.11 Å². The van der Waals surface area contributed by atoms with Crippen LogP contribution in [0, 0.1) is 0 Å². The minimum atomic E-state index is -1.50. The molecular weight excluding hydrogens is 955 g/mol. The predicted octanol–water partition coefficient (Wildman–Crippen LogP) is 7.72. The van der Waals surface area contributed by atoms with E-state index >= 15 is 0 Å². The van der Waals surface area contributed by atoms with Gasteiger partial charge >= 0.3 is 0 Å². The molecule has 0 aromatic heterocycles. The Kier molecular flexibility index (Phi) is 9.17. The second-order valence-electron chi connectivity index (χ2n) is 2.77. The van der Waals surface area contributed by atoms with Crippen molar-refractivity contribution in [3.05, 3.63) is 0 Å². The van der Waals surface area contributed by atoms with Crippen LogP contribution in [0.5, 0.6) is 0 Å². The van der Waals surface area contributed by atoms with Crippen LogP contribution in [0.2, 0.25) is 0 Å². The van der Waals surface area contributed by atoms with Crippen molar-refractivity contribution >= 4 is 175 Å². The van der Waals surface area contributed by atoms with Crippen LogP contribution in [0.1, 0.15) is 0 Å². The van der Waals surface area contributed by atoms with E-state index in [9.17, 15) is 5.11 Å². The lowest BCUT2D eigenvalue weighted by molar-refractivity contribution is 0.199. The van der Waals surface area contributed by atoms with E-state index in [1.807, 2.05) is 0 Å². The predicted molar refractivity (Wildman–Crippen MR) is 114 cm³/mol. The zero-order valence-corrected chi connectivity index (χ0v) is 24.6. The van der Waals surface area contributed by atoms with Gasteiger partial charge in [-0.05, 0) is 31.9 Å². The summed E-state index contributed by atoms with van der Waals surface area (Å²) in [7, 11) is 0. The number of alkyl halides is 11. The lowest BCUT2D eigenvalue weighted by Crippen LogP contribution is -2.64. The maximum absolute atomic E-state index is 10.3. The summed E-state index contributed by atoms with van der Waals surface area (Å²) in [5.74, 6) is 0. The average Bonchev–Trinajstić information content (AvgIpc) is 1.95. The molecule has 0 saturated heterocycles. The van der Waals surface area contributed by atoms with Crippen LogP contribution >= 0.6 is 175 Å². The molecule has 0 aliphatic heterocycles. The largest absolute Gasteiger partial charge is 0.368 e. The third-order valence-electron chi connectivity index (χ3n) is 1.59. The summed E-state index contributed by atoms with van der Waals surface area (Å²) in [5.41, 5.74) is 0. The van der Waals surface area contributed by atoms with Crippen LogP contribution in [-0.2, 0) is 0 Å². The van der Waals surface area contributed by atoms with Crippen molar-refractivity contribution in [2.45, 2.75) is 15.3 Å². The molecule has 0 saturated carbocycles. The van der Waals surface area contributed by atoms with Gasteiger partial charge in [0.2, 0.25) is 0 Å². The zero-order valence-electron chi connectivity index (χ0n) is 7.10. The van der Waals surface area contributed by atoms with E-state index in [0.29, 0.717) is 0 Å². The van der Waals surface area contributed by atoms with Gasteiger partial charge in [0.05, 0.1) is 0 Å². The quantitative estimate of drug-likeness (QED) is 0.282. The third kappa shape index (κ3) is 4.62. The van der Waals surface area contributed by atoms with Gasteiger partial charge in [0.1, 0.15) is 7.56 Å². The Balaban J connectivity index is 6.04. The Morgan fingerprint density at radius 1 is 0.529 bits per heavy atom. The van der Waals surface area contributed by atoms with Crippen LogP contribution in [0.4, 0.5) is 0 Å². The first-order chi connectivity index (χ1) is 7.00. The molecule has 1 nitrogen and oxygen atoms in total. The number of aliphatic hydroxyl groups is 1. The topological polar surface area (TPSA) is 20.2 Å². The lowest BCUT2D eigenvalue weighted by Gasteiger charge is -2.52. The van der Waals surface area contributed by atoms with Crippen molar-refractivity contribution in [2.75, 3.05) is 0 Å². The van der Waals surface area contributed by atoms with Crippen molar-refractivity contribution in [1.29, 1.82) is 0 Å². The molecule has 0 amide bonds. The van der Waals surface area contributed by atoms with Gasteiger partial charge in [-0.1, -0.05) is 143 Å². The molecule has 0 aliphatic rings. The molecule has 104 valence electrons. The first kappa shape index (κ1) is 22.2. The Morgan fingerprint density at radius 2 is 0.824 bits per heavy atom. The molecule has 0 aromatic carbocycles. The van der Waals surface area contributed by atoms with Gasteiger partial charge in [0, 0.05) is 0 Å². The van der Waals surface area contributed by atoms with Crippen LogP contribution in [0.3, 0.4) is 0 Å². The summed E-state index contributed by atoms with van der Waals surface area (Å²) in [6.07, 6.45) is 0. The Bertz CT molecular complexity index is 266. The van der Waals surface area contributed by atoms with Gasteiger partial charge in [0.15, 0.2) is 7.71 Å². The molecule has 0 aliphatic carbocycles. The number of hydrogen-bond donors (Lipinski definition) is 1. The highest BCUT2D eigenvalue weighted by Gasteiger charge is 2.72. The lowest BCUT2D eigenvalue weighted by atomic mass is 10.1. The van der Waals surface area contributed by atoms with E-state index < -0.39 is 15.3 Å². The summed E-state index contributed by atoms with van der Waals surface area (Å²) in [4.78, 5) is 0. The fourth-order valence-electron chi connectivity index (χ4n) is 0.733. The standard InChI is InChI=1S/C5HBr11O/c6-1(3(9,10)11,5(15,16)17)2(7,8)4(12,13)14/h17H. The van der Waals surface area contributed by atoms with E-state index in [2.05, 4.69) is 175 Å². The molecule has 1 atom stereocenters. The first-order valence-corrected chi connectivity index (χ1v) is 12.0. The molecule has 0 aromatic rings. The summed E-state index contributed by atoms with van der Waals surface area (Å²) in [6, 6.07) is 0. The van der Waals surface area contributed by atoms with Gasteiger partial charge in [-0.25, -0.2) is 0 Å². The van der Waals surface area contributed by atoms with E-state index in [4.69, 9.17) is 0 Å². The maximum Gasteiger partial charge on any atom is 0.195 e. The Hall–Kier alpha value is 5.24. The zero-order chi connectivity index (χ0) is 14.5. The maximum atomic E-state index is 10.3. The Morgan fingerprint density at radius 3 is 0.882 bits per heavy atom.